The van der Waals surface area contributed by atoms with Crippen LogP contribution in [0.25, 0.3) is 0 Å². The maximum absolute atomic E-state index is 8.35. The molecule has 1 atom stereocenters. The van der Waals surface area contributed by atoms with Crippen molar-refractivity contribution in [2.24, 2.45) is 0 Å². The van der Waals surface area contributed by atoms with Gasteiger partial charge in [-0.3, -0.25) is 0 Å². The van der Waals surface area contributed by atoms with Crippen LogP contribution in [-0.4, -0.2) is 4.98 Å². The molecule has 4 heteroatoms. The molecule has 0 aliphatic rings. The van der Waals surface area contributed by atoms with Gasteiger partial charge >= 0.3 is 0 Å². The van der Waals surface area contributed by atoms with Crippen LogP contribution in [0.3, 0.4) is 0 Å². The minimum Gasteiger partial charge on any atom is -0.445 e. The third-order valence-electron chi connectivity index (χ3n) is 1.22. The van der Waals surface area contributed by atoms with Gasteiger partial charge in [-0.05, 0) is 25.6 Å². The number of thioether (sulfide) groups is 1. The number of aromatic nitrogens is 1. The Bertz CT molecular complexity index is 276. The lowest BCUT2D eigenvalue weighted by molar-refractivity contribution is 0.474. The maximum atomic E-state index is 8.35. The molecule has 0 aromatic carbocycles. The fourth-order valence-electron chi connectivity index (χ4n) is 0.690. The average Bonchev–Trinajstić information content (AvgIpc) is 2.36. The van der Waals surface area contributed by atoms with Crippen LogP contribution in [0.1, 0.15) is 23.8 Å². The van der Waals surface area contributed by atoms with E-state index in [0.717, 1.165) is 17.5 Å². The van der Waals surface area contributed by atoms with Gasteiger partial charge in [0.15, 0.2) is 0 Å². The van der Waals surface area contributed by atoms with Crippen LogP contribution in [0.2, 0.25) is 0 Å². The molecule has 0 saturated carbocycles. The summed E-state index contributed by atoms with van der Waals surface area (Å²) in [5.74, 6) is 1.40. The normalized spacial score (nSPS) is 12.5. The predicted molar refractivity (Wildman–Crippen MR) is 42.9 cm³/mol. The summed E-state index contributed by atoms with van der Waals surface area (Å²) in [6, 6.07) is 0. The van der Waals surface area contributed by atoms with Crippen molar-refractivity contribution in [1.29, 1.82) is 5.26 Å². The molecule has 3 nitrogen and oxygen atoms in total. The summed E-state index contributed by atoms with van der Waals surface area (Å²) in [4.78, 5) is 4.00. The smallest absolute Gasteiger partial charge is 0.208 e. The molecule has 1 aromatic heterocycles. The number of thiocyanates is 1. The van der Waals surface area contributed by atoms with Crippen LogP contribution in [0.15, 0.2) is 10.6 Å². The van der Waals surface area contributed by atoms with Crippen molar-refractivity contribution in [2.45, 2.75) is 19.1 Å². The van der Waals surface area contributed by atoms with E-state index in [0.29, 0.717) is 5.89 Å². The monoisotopic (exact) mass is 168 g/mol. The minimum absolute atomic E-state index is 0.0219. The Balaban J connectivity index is 2.70. The first-order chi connectivity index (χ1) is 5.24. The Morgan fingerprint density at radius 3 is 3.00 bits per heavy atom. The molecule has 0 radical (unpaired) electrons. The molecule has 11 heavy (non-hydrogen) atoms. The van der Waals surface area contributed by atoms with Crippen molar-refractivity contribution in [3.8, 4) is 5.40 Å². The van der Waals surface area contributed by atoms with E-state index in [1.54, 1.807) is 6.20 Å². The zero-order chi connectivity index (χ0) is 8.27. The van der Waals surface area contributed by atoms with Gasteiger partial charge in [-0.15, -0.1) is 0 Å². The largest absolute Gasteiger partial charge is 0.445 e. The molecule has 0 bridgehead atoms. The van der Waals surface area contributed by atoms with Crippen molar-refractivity contribution >= 4 is 11.8 Å². The molecule has 0 aliphatic carbocycles. The van der Waals surface area contributed by atoms with Gasteiger partial charge in [0.25, 0.3) is 0 Å². The van der Waals surface area contributed by atoms with E-state index in [2.05, 4.69) is 4.98 Å². The van der Waals surface area contributed by atoms with Gasteiger partial charge in [-0.25, -0.2) is 4.98 Å². The molecular weight excluding hydrogens is 160 g/mol. The minimum atomic E-state index is 0.0219. The Morgan fingerprint density at radius 2 is 2.55 bits per heavy atom. The SMILES string of the molecule is Cc1cnc([C@@H](C)SC#N)o1. The van der Waals surface area contributed by atoms with Crippen LogP contribution in [0, 0.1) is 17.6 Å². The second-order valence-electron chi connectivity index (χ2n) is 2.16. The third-order valence-corrected chi connectivity index (χ3v) is 1.88. The second kappa shape index (κ2) is 3.44. The van der Waals surface area contributed by atoms with Crippen molar-refractivity contribution < 1.29 is 4.42 Å². The molecule has 0 aliphatic heterocycles. The van der Waals surface area contributed by atoms with E-state index >= 15 is 0 Å². The zero-order valence-corrected chi connectivity index (χ0v) is 7.18. The predicted octanol–water partition coefficient (Wildman–Crippen LogP) is 2.26. The fourth-order valence-corrected chi connectivity index (χ4v) is 1.06. The summed E-state index contributed by atoms with van der Waals surface area (Å²) in [7, 11) is 0. The van der Waals surface area contributed by atoms with Crippen LogP contribution >= 0.6 is 11.8 Å². The molecule has 0 saturated heterocycles. The first-order valence-electron chi connectivity index (χ1n) is 3.21. The number of hydrogen-bond donors (Lipinski definition) is 0. The lowest BCUT2D eigenvalue weighted by Crippen LogP contribution is -1.84. The number of nitrogens with zero attached hydrogens (tertiary/aromatic N) is 2. The maximum Gasteiger partial charge on any atom is 0.208 e. The summed E-state index contributed by atoms with van der Waals surface area (Å²) in [5, 5.41) is 10.4. The highest BCUT2D eigenvalue weighted by atomic mass is 32.2. The van der Waals surface area contributed by atoms with Crippen LogP contribution < -0.4 is 0 Å². The van der Waals surface area contributed by atoms with Gasteiger partial charge < -0.3 is 4.42 Å². The van der Waals surface area contributed by atoms with E-state index in [4.69, 9.17) is 9.68 Å². The van der Waals surface area contributed by atoms with Crippen molar-refractivity contribution in [3.63, 3.8) is 0 Å². The molecule has 1 rings (SSSR count). The van der Waals surface area contributed by atoms with Crippen LogP contribution in [0.5, 0.6) is 0 Å². The molecule has 58 valence electrons. The Hall–Kier alpha value is -0.950. The number of hydrogen-bond acceptors (Lipinski definition) is 4. The van der Waals surface area contributed by atoms with E-state index < -0.39 is 0 Å². The quantitative estimate of drug-likeness (QED) is 0.635. The molecule has 0 spiro atoms. The molecular formula is C7H8N2OS. The van der Waals surface area contributed by atoms with Gasteiger partial charge in [0.1, 0.15) is 11.2 Å². The lowest BCUT2D eigenvalue weighted by Gasteiger charge is -1.97. The summed E-state index contributed by atoms with van der Waals surface area (Å²) >= 11 is 1.15. The second-order valence-corrected chi connectivity index (χ2v) is 3.29. The van der Waals surface area contributed by atoms with Crippen molar-refractivity contribution in [2.75, 3.05) is 0 Å². The average molecular weight is 168 g/mol. The number of aryl methyl sites for hydroxylation is 1. The highest BCUT2D eigenvalue weighted by molar-refractivity contribution is 8.03. The number of rotatable bonds is 2. The van der Waals surface area contributed by atoms with Gasteiger partial charge in [0.2, 0.25) is 5.89 Å². The summed E-state index contributed by atoms with van der Waals surface area (Å²) < 4.78 is 5.21. The van der Waals surface area contributed by atoms with E-state index in [1.165, 1.54) is 0 Å². The molecule has 0 amide bonds. The topological polar surface area (TPSA) is 49.8 Å². The molecule has 1 aromatic rings. The van der Waals surface area contributed by atoms with Crippen molar-refractivity contribution in [1.82, 2.24) is 4.98 Å². The third kappa shape index (κ3) is 1.99. The van der Waals surface area contributed by atoms with Crippen molar-refractivity contribution in [3.05, 3.63) is 17.8 Å². The summed E-state index contributed by atoms with van der Waals surface area (Å²) in [5.41, 5.74) is 0. The Labute approximate surface area is 69.4 Å². The number of nitriles is 1. The van der Waals surface area contributed by atoms with Gasteiger partial charge in [0.05, 0.1) is 11.4 Å². The highest BCUT2D eigenvalue weighted by Crippen LogP contribution is 2.25. The summed E-state index contributed by atoms with van der Waals surface area (Å²) in [6.07, 6.45) is 1.66. The first-order valence-corrected chi connectivity index (χ1v) is 4.09. The first kappa shape index (κ1) is 8.15. The molecule has 0 N–H and O–H groups in total. The van der Waals surface area contributed by atoms with E-state index in [-0.39, 0.29) is 5.25 Å². The number of oxazole rings is 1. The van der Waals surface area contributed by atoms with Gasteiger partial charge in [-0.1, -0.05) is 0 Å². The van der Waals surface area contributed by atoms with Crippen LogP contribution in [-0.2, 0) is 0 Å². The standard InChI is InChI=1S/C7H8N2OS/c1-5-3-9-7(10-5)6(2)11-4-8/h3,6H,1-2H3/t6-/m1/s1. The van der Waals surface area contributed by atoms with Crippen LogP contribution in [0.4, 0.5) is 0 Å². The van der Waals surface area contributed by atoms with Gasteiger partial charge in [0, 0.05) is 0 Å². The zero-order valence-electron chi connectivity index (χ0n) is 6.37. The van der Waals surface area contributed by atoms with Gasteiger partial charge in [-0.2, -0.15) is 5.26 Å². The highest BCUT2D eigenvalue weighted by Gasteiger charge is 2.10. The van der Waals surface area contributed by atoms with E-state index in [9.17, 15) is 0 Å². The molecule has 1 heterocycles. The fraction of sp³-hybridized carbons (Fsp3) is 0.429. The molecule has 0 unspecified atom stereocenters. The van der Waals surface area contributed by atoms with E-state index in [1.807, 2.05) is 19.2 Å². The Kier molecular flexibility index (Phi) is 2.55. The summed E-state index contributed by atoms with van der Waals surface area (Å²) in [6.45, 7) is 3.72. The molecule has 0 fully saturated rings. The Morgan fingerprint density at radius 1 is 1.82 bits per heavy atom. The lowest BCUT2D eigenvalue weighted by atomic mass is 10.5.